The van der Waals surface area contributed by atoms with Crippen LogP contribution in [-0.4, -0.2) is 65.3 Å². The van der Waals surface area contributed by atoms with E-state index >= 15 is 0 Å². The molecule has 1 heterocycles. The van der Waals surface area contributed by atoms with Gasteiger partial charge in [-0.05, 0) is 66.4 Å². The Morgan fingerprint density at radius 3 is 2.16 bits per heavy atom. The molecule has 32 heavy (non-hydrogen) atoms. The second kappa shape index (κ2) is 10.3. The lowest BCUT2D eigenvalue weighted by Gasteiger charge is -2.24. The van der Waals surface area contributed by atoms with Gasteiger partial charge in [-0.2, -0.15) is 0 Å². The molecule has 0 aliphatic carbocycles. The molecule has 1 atom stereocenters. The molecule has 0 spiro atoms. The minimum absolute atomic E-state index is 0.135. The number of carbonyl (C=O) groups is 1. The number of rotatable bonds is 8. The first kappa shape index (κ1) is 22.5. The van der Waals surface area contributed by atoms with Gasteiger partial charge in [-0.3, -0.25) is 9.69 Å². The van der Waals surface area contributed by atoms with Gasteiger partial charge in [0.1, 0.15) is 0 Å². The highest BCUT2D eigenvalue weighted by atomic mass is 16.3. The number of likely N-dealkylation sites (tertiary alicyclic amines) is 1. The number of hydrogen-bond donors (Lipinski definition) is 2. The summed E-state index contributed by atoms with van der Waals surface area (Å²) >= 11 is 0. The average molecular weight is 433 g/mol. The third kappa shape index (κ3) is 4.56. The maximum absolute atomic E-state index is 13.1. The van der Waals surface area contributed by atoms with Crippen molar-refractivity contribution < 1.29 is 15.0 Å². The Morgan fingerprint density at radius 2 is 1.53 bits per heavy atom. The maximum atomic E-state index is 13.1. The molecule has 1 saturated heterocycles. The summed E-state index contributed by atoms with van der Waals surface area (Å²) in [6, 6.07) is 21.0. The molecule has 1 aliphatic rings. The third-order valence-corrected chi connectivity index (χ3v) is 6.57. The molecule has 1 aliphatic heterocycles. The molecule has 5 heteroatoms. The van der Waals surface area contributed by atoms with Crippen LogP contribution in [0.15, 0.2) is 60.7 Å². The van der Waals surface area contributed by atoms with Gasteiger partial charge < -0.3 is 15.1 Å². The van der Waals surface area contributed by atoms with Crippen molar-refractivity contribution in [3.63, 3.8) is 0 Å². The van der Waals surface area contributed by atoms with Gasteiger partial charge in [-0.15, -0.1) is 0 Å². The number of carbonyl (C=O) groups excluding carboxylic acids is 1. The lowest BCUT2D eigenvalue weighted by atomic mass is 9.93. The summed E-state index contributed by atoms with van der Waals surface area (Å²) in [6.45, 7) is 4.76. The maximum Gasteiger partial charge on any atom is 0.254 e. The zero-order valence-corrected chi connectivity index (χ0v) is 18.7. The average Bonchev–Trinajstić information content (AvgIpc) is 3.37. The number of benzene rings is 3. The van der Waals surface area contributed by atoms with Crippen LogP contribution in [0.25, 0.3) is 21.9 Å². The SMILES string of the molecule is CC(c1ccc(-c2ccc(C(=O)N(CCO)CCO)c3ccccc23)cc1)N1CCCC1. The zero-order valence-electron chi connectivity index (χ0n) is 18.7. The quantitative estimate of drug-likeness (QED) is 0.563. The highest BCUT2D eigenvalue weighted by molar-refractivity contribution is 6.11. The van der Waals surface area contributed by atoms with Crippen molar-refractivity contribution in [1.29, 1.82) is 0 Å². The van der Waals surface area contributed by atoms with E-state index < -0.39 is 0 Å². The minimum atomic E-state index is -0.175. The lowest BCUT2D eigenvalue weighted by Crippen LogP contribution is -2.36. The van der Waals surface area contributed by atoms with Crippen molar-refractivity contribution in [2.45, 2.75) is 25.8 Å². The Kier molecular flexibility index (Phi) is 7.20. The molecule has 0 bridgehead atoms. The standard InChI is InChI=1S/C27H32N2O3/c1-20(28-14-4-5-15-28)21-8-10-22(11-9-21)23-12-13-26(25-7-3-2-6-24(23)25)27(32)29(16-18-30)17-19-31/h2-3,6-13,20,30-31H,4-5,14-19H2,1H3. The van der Waals surface area contributed by atoms with E-state index in [0.29, 0.717) is 11.6 Å². The fraction of sp³-hybridized carbons (Fsp3) is 0.370. The van der Waals surface area contributed by atoms with Crippen LogP contribution in [0.2, 0.25) is 0 Å². The molecule has 5 nitrogen and oxygen atoms in total. The molecule has 4 rings (SSSR count). The Hall–Kier alpha value is -2.73. The summed E-state index contributed by atoms with van der Waals surface area (Å²) < 4.78 is 0. The Balaban J connectivity index is 1.67. The van der Waals surface area contributed by atoms with Crippen LogP contribution in [0.1, 0.15) is 41.7 Å². The first-order chi connectivity index (χ1) is 15.6. The van der Waals surface area contributed by atoms with E-state index in [2.05, 4.69) is 36.1 Å². The number of fused-ring (bicyclic) bond motifs is 1. The van der Waals surface area contributed by atoms with Crippen LogP contribution in [0.3, 0.4) is 0 Å². The molecule has 3 aromatic rings. The van der Waals surface area contributed by atoms with E-state index in [-0.39, 0.29) is 32.2 Å². The third-order valence-electron chi connectivity index (χ3n) is 6.57. The molecule has 1 amide bonds. The Morgan fingerprint density at radius 1 is 0.906 bits per heavy atom. The van der Waals surface area contributed by atoms with Crippen LogP contribution in [-0.2, 0) is 0 Å². The van der Waals surface area contributed by atoms with Crippen LogP contribution in [0.4, 0.5) is 0 Å². The van der Waals surface area contributed by atoms with Gasteiger partial charge >= 0.3 is 0 Å². The van der Waals surface area contributed by atoms with Gasteiger partial charge in [-0.1, -0.05) is 54.6 Å². The summed E-state index contributed by atoms with van der Waals surface area (Å²) in [5.74, 6) is -0.175. The lowest BCUT2D eigenvalue weighted by molar-refractivity contribution is 0.0687. The van der Waals surface area contributed by atoms with E-state index in [4.69, 9.17) is 0 Å². The van der Waals surface area contributed by atoms with Crippen molar-refractivity contribution in [3.05, 3.63) is 71.8 Å². The molecule has 0 saturated carbocycles. The molecule has 1 unspecified atom stereocenters. The molecule has 2 N–H and O–H groups in total. The predicted molar refractivity (Wildman–Crippen MR) is 129 cm³/mol. The predicted octanol–water partition coefficient (Wildman–Crippen LogP) is 4.09. The van der Waals surface area contributed by atoms with Crippen LogP contribution < -0.4 is 0 Å². The zero-order chi connectivity index (χ0) is 22.5. The largest absolute Gasteiger partial charge is 0.395 e. The summed E-state index contributed by atoms with van der Waals surface area (Å²) in [5, 5.41) is 20.5. The first-order valence-corrected chi connectivity index (χ1v) is 11.5. The van der Waals surface area contributed by atoms with E-state index in [1.165, 1.54) is 36.4 Å². The van der Waals surface area contributed by atoms with Crippen molar-refractivity contribution in [2.24, 2.45) is 0 Å². The first-order valence-electron chi connectivity index (χ1n) is 11.5. The number of aliphatic hydroxyl groups is 2. The molecule has 0 aromatic heterocycles. The van der Waals surface area contributed by atoms with Crippen molar-refractivity contribution in [2.75, 3.05) is 39.4 Å². The van der Waals surface area contributed by atoms with Gasteiger partial charge in [0, 0.05) is 24.7 Å². The van der Waals surface area contributed by atoms with E-state index in [1.807, 2.05) is 36.4 Å². The molecule has 0 radical (unpaired) electrons. The van der Waals surface area contributed by atoms with E-state index in [0.717, 1.165) is 21.9 Å². The number of amides is 1. The van der Waals surface area contributed by atoms with Crippen LogP contribution in [0, 0.1) is 0 Å². The van der Waals surface area contributed by atoms with Gasteiger partial charge in [-0.25, -0.2) is 0 Å². The summed E-state index contributed by atoms with van der Waals surface area (Å²) in [6.07, 6.45) is 2.57. The summed E-state index contributed by atoms with van der Waals surface area (Å²) in [7, 11) is 0. The molecule has 1 fully saturated rings. The van der Waals surface area contributed by atoms with Gasteiger partial charge in [0.25, 0.3) is 5.91 Å². The summed E-state index contributed by atoms with van der Waals surface area (Å²) in [5.41, 5.74) is 4.13. The van der Waals surface area contributed by atoms with Crippen molar-refractivity contribution in [3.8, 4) is 11.1 Å². The topological polar surface area (TPSA) is 64.0 Å². The smallest absolute Gasteiger partial charge is 0.254 e. The van der Waals surface area contributed by atoms with Crippen molar-refractivity contribution in [1.82, 2.24) is 9.80 Å². The molecule has 168 valence electrons. The summed E-state index contributed by atoms with van der Waals surface area (Å²) in [4.78, 5) is 17.2. The Bertz CT molecular complexity index is 1050. The fourth-order valence-electron chi connectivity index (χ4n) is 4.74. The van der Waals surface area contributed by atoms with Gasteiger partial charge in [0.15, 0.2) is 0 Å². The molecular weight excluding hydrogens is 400 g/mol. The second-order valence-electron chi connectivity index (χ2n) is 8.49. The van der Waals surface area contributed by atoms with E-state index in [9.17, 15) is 15.0 Å². The second-order valence-corrected chi connectivity index (χ2v) is 8.49. The number of nitrogens with zero attached hydrogens (tertiary/aromatic N) is 2. The van der Waals surface area contributed by atoms with E-state index in [1.54, 1.807) is 0 Å². The number of aliphatic hydroxyl groups excluding tert-OH is 2. The highest BCUT2D eigenvalue weighted by Crippen LogP contribution is 2.33. The normalized spacial score (nSPS) is 15.2. The minimum Gasteiger partial charge on any atom is -0.395 e. The fourth-order valence-corrected chi connectivity index (χ4v) is 4.74. The Labute approximate surface area is 189 Å². The molecule has 3 aromatic carbocycles. The van der Waals surface area contributed by atoms with Crippen LogP contribution in [0.5, 0.6) is 0 Å². The van der Waals surface area contributed by atoms with Crippen LogP contribution >= 0.6 is 0 Å². The van der Waals surface area contributed by atoms with Gasteiger partial charge in [0.2, 0.25) is 0 Å². The van der Waals surface area contributed by atoms with Crippen molar-refractivity contribution >= 4 is 16.7 Å². The highest BCUT2D eigenvalue weighted by Gasteiger charge is 2.21. The van der Waals surface area contributed by atoms with Gasteiger partial charge in [0.05, 0.1) is 13.2 Å². The monoisotopic (exact) mass is 432 g/mol. The number of hydrogen-bond acceptors (Lipinski definition) is 4. The molecular formula is C27H32N2O3.